The lowest BCUT2D eigenvalue weighted by Crippen LogP contribution is -2.28. The van der Waals surface area contributed by atoms with Gasteiger partial charge in [0.15, 0.2) is 0 Å². The summed E-state index contributed by atoms with van der Waals surface area (Å²) in [6, 6.07) is 10.6. The van der Waals surface area contributed by atoms with Gasteiger partial charge in [-0.2, -0.15) is 0 Å². The molecule has 0 atom stereocenters. The molecule has 0 amide bonds. The third-order valence-corrected chi connectivity index (χ3v) is 4.74. The Kier molecular flexibility index (Phi) is 3.64. The molecule has 1 aromatic heterocycles. The zero-order chi connectivity index (χ0) is 14.9. The van der Waals surface area contributed by atoms with Gasteiger partial charge in [0.05, 0.1) is 5.41 Å². The van der Waals surface area contributed by atoms with Crippen molar-refractivity contribution < 1.29 is 0 Å². The smallest absolute Gasteiger partial charge is 0.146 e. The van der Waals surface area contributed by atoms with E-state index in [2.05, 4.69) is 35.8 Å². The maximum atomic E-state index is 5.63. The number of hydrogen-bond acceptors (Lipinski definition) is 4. The summed E-state index contributed by atoms with van der Waals surface area (Å²) in [6.45, 7) is 4.02. The topological polar surface area (TPSA) is 63.8 Å². The predicted octanol–water partition coefficient (Wildman–Crippen LogP) is 3.24. The van der Waals surface area contributed by atoms with E-state index in [1.54, 1.807) is 0 Å². The van der Waals surface area contributed by atoms with Crippen LogP contribution in [0.2, 0.25) is 0 Å². The van der Waals surface area contributed by atoms with Crippen molar-refractivity contribution >= 4 is 5.82 Å². The summed E-state index contributed by atoms with van der Waals surface area (Å²) < 4.78 is 0. The monoisotopic (exact) mass is 282 g/mol. The Morgan fingerprint density at radius 3 is 2.33 bits per heavy atom. The van der Waals surface area contributed by atoms with Crippen molar-refractivity contribution in [3.8, 4) is 0 Å². The molecule has 3 rings (SSSR count). The molecule has 0 saturated heterocycles. The average molecular weight is 282 g/mol. The summed E-state index contributed by atoms with van der Waals surface area (Å²) in [4.78, 5) is 9.54. The third-order valence-electron chi connectivity index (χ3n) is 4.74. The van der Waals surface area contributed by atoms with Crippen LogP contribution in [-0.4, -0.2) is 9.97 Å². The average Bonchev–Trinajstić information content (AvgIpc) is 3.01. The van der Waals surface area contributed by atoms with Crippen LogP contribution in [0, 0.1) is 13.8 Å². The van der Waals surface area contributed by atoms with E-state index in [4.69, 9.17) is 15.8 Å². The molecule has 1 heterocycles. The first-order valence-electron chi connectivity index (χ1n) is 7.55. The van der Waals surface area contributed by atoms with Gasteiger partial charge in [-0.25, -0.2) is 15.8 Å². The second kappa shape index (κ2) is 5.45. The van der Waals surface area contributed by atoms with Crippen LogP contribution < -0.4 is 11.3 Å². The molecule has 4 heteroatoms. The fraction of sp³-hybridized carbons (Fsp3) is 0.412. The van der Waals surface area contributed by atoms with Crippen molar-refractivity contribution in [1.82, 2.24) is 9.97 Å². The zero-order valence-electron chi connectivity index (χ0n) is 12.7. The van der Waals surface area contributed by atoms with Crippen LogP contribution in [0.4, 0.5) is 5.82 Å². The minimum Gasteiger partial charge on any atom is -0.308 e. The van der Waals surface area contributed by atoms with E-state index in [1.807, 2.05) is 13.8 Å². The number of nitrogen functional groups attached to an aromatic ring is 1. The quantitative estimate of drug-likeness (QED) is 0.670. The Balaban J connectivity index is 2.17. The van der Waals surface area contributed by atoms with E-state index in [0.717, 1.165) is 35.7 Å². The van der Waals surface area contributed by atoms with Crippen LogP contribution >= 0.6 is 0 Å². The number of benzene rings is 1. The summed E-state index contributed by atoms with van der Waals surface area (Å²) in [6.07, 6.45) is 4.64. The summed E-state index contributed by atoms with van der Waals surface area (Å²) in [5.41, 5.74) is 5.98. The number of aromatic nitrogens is 2. The molecule has 3 N–H and O–H groups in total. The summed E-state index contributed by atoms with van der Waals surface area (Å²) in [5.74, 6) is 7.27. The largest absolute Gasteiger partial charge is 0.308 e. The lowest BCUT2D eigenvalue weighted by Gasteiger charge is -2.29. The Labute approximate surface area is 125 Å². The highest BCUT2D eigenvalue weighted by Crippen LogP contribution is 2.45. The molecule has 1 aliphatic rings. The van der Waals surface area contributed by atoms with Crippen molar-refractivity contribution in [2.24, 2.45) is 5.84 Å². The minimum absolute atomic E-state index is 0.0642. The number of aryl methyl sites for hydroxylation is 1. The molecule has 4 nitrogen and oxygen atoms in total. The Bertz CT molecular complexity index is 631. The van der Waals surface area contributed by atoms with Crippen LogP contribution in [0.15, 0.2) is 30.3 Å². The number of hydrogen-bond donors (Lipinski definition) is 2. The predicted molar refractivity (Wildman–Crippen MR) is 85.0 cm³/mol. The normalized spacial score (nSPS) is 16.9. The summed E-state index contributed by atoms with van der Waals surface area (Å²) >= 11 is 0. The highest BCUT2D eigenvalue weighted by Gasteiger charge is 2.40. The SMILES string of the molecule is Cc1nc(C2(c3ccccc3)CCCC2)nc(NN)c1C. The fourth-order valence-corrected chi connectivity index (χ4v) is 3.36. The highest BCUT2D eigenvalue weighted by atomic mass is 15.3. The zero-order valence-corrected chi connectivity index (χ0v) is 12.7. The van der Waals surface area contributed by atoms with Crippen molar-refractivity contribution in [2.45, 2.75) is 44.9 Å². The Morgan fingerprint density at radius 1 is 1.05 bits per heavy atom. The lowest BCUT2D eigenvalue weighted by atomic mass is 9.78. The van der Waals surface area contributed by atoms with Crippen LogP contribution in [0.3, 0.4) is 0 Å². The maximum absolute atomic E-state index is 5.63. The van der Waals surface area contributed by atoms with Crippen molar-refractivity contribution in [2.75, 3.05) is 5.43 Å². The van der Waals surface area contributed by atoms with E-state index in [0.29, 0.717) is 0 Å². The van der Waals surface area contributed by atoms with Crippen molar-refractivity contribution in [1.29, 1.82) is 0 Å². The van der Waals surface area contributed by atoms with Gasteiger partial charge in [-0.05, 0) is 32.3 Å². The molecule has 0 radical (unpaired) electrons. The van der Waals surface area contributed by atoms with Gasteiger partial charge in [0, 0.05) is 11.3 Å². The molecule has 110 valence electrons. The van der Waals surface area contributed by atoms with Gasteiger partial charge in [0.25, 0.3) is 0 Å². The number of nitrogens with zero attached hydrogens (tertiary/aromatic N) is 2. The van der Waals surface area contributed by atoms with Gasteiger partial charge in [0.1, 0.15) is 11.6 Å². The first kappa shape index (κ1) is 14.0. The number of nitrogens with two attached hydrogens (primary N) is 1. The van der Waals surface area contributed by atoms with Crippen LogP contribution in [0.1, 0.15) is 48.3 Å². The lowest BCUT2D eigenvalue weighted by molar-refractivity contribution is 0.497. The fourth-order valence-electron chi connectivity index (χ4n) is 3.36. The second-order valence-electron chi connectivity index (χ2n) is 5.91. The highest BCUT2D eigenvalue weighted by molar-refractivity contribution is 5.46. The summed E-state index contributed by atoms with van der Waals surface area (Å²) in [7, 11) is 0. The van der Waals surface area contributed by atoms with Gasteiger partial charge in [-0.3, -0.25) is 0 Å². The van der Waals surface area contributed by atoms with Crippen molar-refractivity contribution in [3.05, 3.63) is 53.0 Å². The molecular formula is C17H22N4. The van der Waals surface area contributed by atoms with Gasteiger partial charge in [-0.15, -0.1) is 0 Å². The van der Waals surface area contributed by atoms with Crippen LogP contribution in [-0.2, 0) is 5.41 Å². The standard InChI is InChI=1S/C17H22N4/c1-12-13(2)19-16(20-15(12)21-18)17(10-6-7-11-17)14-8-4-3-5-9-14/h3-5,8-9H,6-7,10-11,18H2,1-2H3,(H,19,20,21). The Morgan fingerprint density at radius 2 is 1.71 bits per heavy atom. The van der Waals surface area contributed by atoms with Gasteiger partial charge < -0.3 is 5.43 Å². The van der Waals surface area contributed by atoms with Crippen LogP contribution in [0.5, 0.6) is 0 Å². The van der Waals surface area contributed by atoms with Crippen LogP contribution in [0.25, 0.3) is 0 Å². The van der Waals surface area contributed by atoms with Gasteiger partial charge >= 0.3 is 0 Å². The molecule has 0 spiro atoms. The second-order valence-corrected chi connectivity index (χ2v) is 5.91. The van der Waals surface area contributed by atoms with E-state index >= 15 is 0 Å². The third kappa shape index (κ3) is 2.29. The first-order valence-corrected chi connectivity index (χ1v) is 7.55. The number of nitrogens with one attached hydrogen (secondary N) is 1. The molecule has 2 aromatic rings. The number of hydrazine groups is 1. The number of rotatable bonds is 3. The molecule has 1 fully saturated rings. The number of anilines is 1. The maximum Gasteiger partial charge on any atom is 0.146 e. The van der Waals surface area contributed by atoms with E-state index < -0.39 is 0 Å². The molecule has 1 aromatic carbocycles. The molecule has 0 unspecified atom stereocenters. The molecular weight excluding hydrogens is 260 g/mol. The van der Waals surface area contributed by atoms with E-state index in [1.165, 1.54) is 18.4 Å². The first-order chi connectivity index (χ1) is 10.2. The molecule has 21 heavy (non-hydrogen) atoms. The van der Waals surface area contributed by atoms with Gasteiger partial charge in [0.2, 0.25) is 0 Å². The van der Waals surface area contributed by atoms with Crippen molar-refractivity contribution in [3.63, 3.8) is 0 Å². The molecule has 0 aliphatic heterocycles. The minimum atomic E-state index is -0.0642. The molecule has 1 aliphatic carbocycles. The molecule has 0 bridgehead atoms. The summed E-state index contributed by atoms with van der Waals surface area (Å²) in [5, 5.41) is 0. The van der Waals surface area contributed by atoms with Gasteiger partial charge in [-0.1, -0.05) is 43.2 Å². The van der Waals surface area contributed by atoms with E-state index in [9.17, 15) is 0 Å². The van der Waals surface area contributed by atoms with E-state index in [-0.39, 0.29) is 5.41 Å². The molecule has 1 saturated carbocycles. The Hall–Kier alpha value is -1.94.